The van der Waals surface area contributed by atoms with Gasteiger partial charge in [-0.3, -0.25) is 14.6 Å². The van der Waals surface area contributed by atoms with Crippen molar-refractivity contribution in [3.8, 4) is 0 Å². The third-order valence-corrected chi connectivity index (χ3v) is 4.80. The number of imide groups is 1. The summed E-state index contributed by atoms with van der Waals surface area (Å²) in [6.07, 6.45) is 1.04. The van der Waals surface area contributed by atoms with Gasteiger partial charge in [-0.05, 0) is 18.1 Å². The lowest BCUT2D eigenvalue weighted by Gasteiger charge is -2.31. The van der Waals surface area contributed by atoms with Crippen LogP contribution < -0.4 is 10.2 Å². The number of nitrogens with zero attached hydrogens (tertiary/aromatic N) is 3. The Morgan fingerprint density at radius 1 is 1.22 bits per heavy atom. The molecule has 1 unspecified atom stereocenters. The van der Waals surface area contributed by atoms with E-state index in [9.17, 15) is 9.59 Å². The van der Waals surface area contributed by atoms with E-state index in [0.29, 0.717) is 19.1 Å². The van der Waals surface area contributed by atoms with Gasteiger partial charge in [-0.25, -0.2) is 4.79 Å². The first-order valence-corrected chi connectivity index (χ1v) is 8.21. The molecule has 2 aliphatic heterocycles. The van der Waals surface area contributed by atoms with Crippen LogP contribution in [0.15, 0.2) is 24.3 Å². The van der Waals surface area contributed by atoms with Gasteiger partial charge >= 0.3 is 6.03 Å². The molecule has 0 spiro atoms. The fourth-order valence-corrected chi connectivity index (χ4v) is 3.45. The van der Waals surface area contributed by atoms with Gasteiger partial charge in [-0.15, -0.1) is 0 Å². The Bertz CT molecular complexity index is 588. The molecule has 1 N–H and O–H groups in total. The smallest absolute Gasteiger partial charge is 0.324 e. The molecule has 6 heteroatoms. The van der Waals surface area contributed by atoms with Crippen LogP contribution in [0.25, 0.3) is 0 Å². The van der Waals surface area contributed by atoms with Gasteiger partial charge in [0.05, 0.1) is 6.54 Å². The number of anilines is 1. The van der Waals surface area contributed by atoms with Crippen molar-refractivity contribution in [2.45, 2.75) is 25.9 Å². The van der Waals surface area contributed by atoms with E-state index in [2.05, 4.69) is 53.4 Å². The summed E-state index contributed by atoms with van der Waals surface area (Å²) in [4.78, 5) is 29.5. The molecule has 1 atom stereocenters. The molecule has 1 saturated heterocycles. The summed E-state index contributed by atoms with van der Waals surface area (Å²) in [6.45, 7) is 5.28. The van der Waals surface area contributed by atoms with Crippen molar-refractivity contribution in [3.05, 3.63) is 29.8 Å². The highest BCUT2D eigenvalue weighted by atomic mass is 16.2. The Morgan fingerprint density at radius 3 is 2.70 bits per heavy atom. The summed E-state index contributed by atoms with van der Waals surface area (Å²) in [6, 6.07) is 8.59. The second-order valence-corrected chi connectivity index (χ2v) is 6.25. The van der Waals surface area contributed by atoms with E-state index in [1.807, 2.05) is 0 Å². The van der Waals surface area contributed by atoms with Crippen molar-refractivity contribution in [2.75, 3.05) is 38.1 Å². The van der Waals surface area contributed by atoms with E-state index in [0.717, 1.165) is 19.5 Å². The van der Waals surface area contributed by atoms with Crippen molar-refractivity contribution in [1.82, 2.24) is 15.1 Å². The molecule has 0 aliphatic carbocycles. The van der Waals surface area contributed by atoms with Gasteiger partial charge in [0.15, 0.2) is 0 Å². The number of hydrogen-bond acceptors (Lipinski definition) is 4. The van der Waals surface area contributed by atoms with Crippen LogP contribution in [0.2, 0.25) is 0 Å². The van der Waals surface area contributed by atoms with E-state index in [-0.39, 0.29) is 18.5 Å². The van der Waals surface area contributed by atoms with Gasteiger partial charge in [0.2, 0.25) is 5.91 Å². The number of nitrogens with one attached hydrogen (secondary N) is 1. The Hall–Kier alpha value is -2.08. The second-order valence-electron chi connectivity index (χ2n) is 6.25. The quantitative estimate of drug-likeness (QED) is 0.850. The summed E-state index contributed by atoms with van der Waals surface area (Å²) >= 11 is 0. The van der Waals surface area contributed by atoms with Crippen LogP contribution >= 0.6 is 0 Å². The van der Waals surface area contributed by atoms with Crippen LogP contribution in [-0.4, -0.2) is 61.0 Å². The summed E-state index contributed by atoms with van der Waals surface area (Å²) in [5, 5.41) is 2.58. The molecule has 6 nitrogen and oxygen atoms in total. The summed E-state index contributed by atoms with van der Waals surface area (Å²) in [5.41, 5.74) is 2.56. The number of likely N-dealkylation sites (N-methyl/N-ethyl adjacent to an activating group) is 1. The number of carbonyl (C=O) groups excluding carboxylic acids is 2. The van der Waals surface area contributed by atoms with Gasteiger partial charge in [-0.2, -0.15) is 0 Å². The van der Waals surface area contributed by atoms with Gasteiger partial charge in [0.25, 0.3) is 0 Å². The lowest BCUT2D eigenvalue weighted by molar-refractivity contribution is -0.125. The Labute approximate surface area is 137 Å². The van der Waals surface area contributed by atoms with E-state index in [1.54, 1.807) is 0 Å². The monoisotopic (exact) mass is 316 g/mol. The third kappa shape index (κ3) is 3.17. The minimum Gasteiger partial charge on any atom is -0.373 e. The second kappa shape index (κ2) is 6.58. The number of hydrogen-bond donors (Lipinski definition) is 1. The zero-order chi connectivity index (χ0) is 16.4. The molecule has 0 aromatic heterocycles. The van der Waals surface area contributed by atoms with Crippen LogP contribution in [0, 0.1) is 0 Å². The maximum atomic E-state index is 11.7. The number of rotatable bonds is 4. The molecular formula is C17H24N4O2. The van der Waals surface area contributed by atoms with Crippen molar-refractivity contribution in [3.63, 3.8) is 0 Å². The number of fused-ring (bicyclic) bond motifs is 1. The van der Waals surface area contributed by atoms with E-state index < -0.39 is 0 Å². The van der Waals surface area contributed by atoms with E-state index >= 15 is 0 Å². The van der Waals surface area contributed by atoms with Crippen LogP contribution in [0.1, 0.15) is 18.9 Å². The first-order chi connectivity index (χ1) is 11.1. The third-order valence-electron chi connectivity index (χ3n) is 4.80. The highest BCUT2D eigenvalue weighted by Crippen LogP contribution is 2.26. The standard InChI is InChI=1S/C17H24N4O2/c1-3-14-12-19(2)15-7-5-4-6-13(15)11-20(14)8-9-21-16(22)10-18-17(21)23/h4-7,14H,3,8-12H2,1-2H3,(H,18,23). The average molecular weight is 316 g/mol. The first-order valence-electron chi connectivity index (χ1n) is 8.21. The van der Waals surface area contributed by atoms with Crippen LogP contribution in [0.4, 0.5) is 10.5 Å². The topological polar surface area (TPSA) is 55.9 Å². The number of urea groups is 1. The lowest BCUT2D eigenvalue weighted by atomic mass is 10.1. The number of carbonyl (C=O) groups is 2. The van der Waals surface area contributed by atoms with Crippen LogP contribution in [0.5, 0.6) is 0 Å². The molecule has 0 radical (unpaired) electrons. The number of para-hydroxylation sites is 1. The molecule has 1 aromatic carbocycles. The zero-order valence-electron chi connectivity index (χ0n) is 13.8. The molecule has 124 valence electrons. The van der Waals surface area contributed by atoms with Crippen LogP contribution in [-0.2, 0) is 11.3 Å². The highest BCUT2D eigenvalue weighted by molar-refractivity contribution is 6.01. The molecule has 0 saturated carbocycles. The summed E-state index contributed by atoms with van der Waals surface area (Å²) in [5.74, 6) is -0.129. The molecule has 3 amide bonds. The summed E-state index contributed by atoms with van der Waals surface area (Å²) in [7, 11) is 2.13. The lowest BCUT2D eigenvalue weighted by Crippen LogP contribution is -2.45. The van der Waals surface area contributed by atoms with Crippen molar-refractivity contribution >= 4 is 17.6 Å². The predicted molar refractivity (Wildman–Crippen MR) is 89.3 cm³/mol. The molecule has 2 aliphatic rings. The highest BCUT2D eigenvalue weighted by Gasteiger charge is 2.30. The van der Waals surface area contributed by atoms with Gasteiger partial charge in [-0.1, -0.05) is 25.1 Å². The molecular weight excluding hydrogens is 292 g/mol. The molecule has 3 rings (SSSR count). The largest absolute Gasteiger partial charge is 0.373 e. The normalized spacial score (nSPS) is 22.1. The molecule has 1 fully saturated rings. The van der Waals surface area contributed by atoms with Gasteiger partial charge < -0.3 is 10.2 Å². The fraction of sp³-hybridized carbons (Fsp3) is 0.529. The average Bonchev–Trinajstić information content (AvgIpc) is 2.80. The van der Waals surface area contributed by atoms with E-state index in [1.165, 1.54) is 16.2 Å². The van der Waals surface area contributed by atoms with E-state index in [4.69, 9.17) is 0 Å². The van der Waals surface area contributed by atoms with Crippen LogP contribution in [0.3, 0.4) is 0 Å². The Morgan fingerprint density at radius 2 is 2.00 bits per heavy atom. The van der Waals surface area contributed by atoms with Crippen molar-refractivity contribution in [2.24, 2.45) is 0 Å². The molecule has 1 aromatic rings. The number of benzene rings is 1. The number of amides is 3. The Kier molecular flexibility index (Phi) is 4.52. The minimum absolute atomic E-state index is 0.127. The molecule has 23 heavy (non-hydrogen) atoms. The summed E-state index contributed by atoms with van der Waals surface area (Å²) < 4.78 is 0. The van der Waals surface area contributed by atoms with Crippen molar-refractivity contribution in [1.29, 1.82) is 0 Å². The van der Waals surface area contributed by atoms with Crippen molar-refractivity contribution < 1.29 is 9.59 Å². The fourth-order valence-electron chi connectivity index (χ4n) is 3.45. The first kappa shape index (κ1) is 15.8. The Balaban J connectivity index is 1.74. The maximum absolute atomic E-state index is 11.7. The van der Waals surface area contributed by atoms with Gasteiger partial charge in [0.1, 0.15) is 0 Å². The molecule has 2 heterocycles. The van der Waals surface area contributed by atoms with Gasteiger partial charge in [0, 0.05) is 45.0 Å². The minimum atomic E-state index is -0.268. The predicted octanol–water partition coefficient (Wildman–Crippen LogP) is 1.27. The molecule has 0 bridgehead atoms. The SMILES string of the molecule is CCC1CN(C)c2ccccc2CN1CCN1C(=O)CNC1=O. The maximum Gasteiger partial charge on any atom is 0.324 e. The zero-order valence-corrected chi connectivity index (χ0v) is 13.8.